The van der Waals surface area contributed by atoms with Gasteiger partial charge in [-0.3, -0.25) is 14.2 Å². The molecule has 0 bridgehead atoms. The lowest BCUT2D eigenvalue weighted by atomic mass is 10.0. The predicted octanol–water partition coefficient (Wildman–Crippen LogP) is 12.9. The van der Waals surface area contributed by atoms with Crippen LogP contribution in [0.25, 0.3) is 0 Å². The summed E-state index contributed by atoms with van der Waals surface area (Å²) in [6.45, 7) is 3.94. The van der Waals surface area contributed by atoms with Crippen molar-refractivity contribution in [1.82, 2.24) is 0 Å². The van der Waals surface area contributed by atoms with Gasteiger partial charge in [0.2, 0.25) is 0 Å². The molecular formula is C52H92NO9P. The third kappa shape index (κ3) is 47.2. The third-order valence-corrected chi connectivity index (χ3v) is 11.3. The van der Waals surface area contributed by atoms with Crippen LogP contribution in [0.15, 0.2) is 72.9 Å². The first-order valence-electron chi connectivity index (χ1n) is 24.8. The first-order valence-corrected chi connectivity index (χ1v) is 26.2. The van der Waals surface area contributed by atoms with Crippen LogP contribution < -0.4 is 4.89 Å². The van der Waals surface area contributed by atoms with Gasteiger partial charge in [-0.25, -0.2) is 0 Å². The minimum absolute atomic E-state index is 0.0505. The fourth-order valence-electron chi connectivity index (χ4n) is 6.47. The average molecular weight is 906 g/mol. The Kier molecular flexibility index (Phi) is 41.5. The molecule has 0 amide bonds. The molecule has 0 heterocycles. The van der Waals surface area contributed by atoms with E-state index in [-0.39, 0.29) is 26.1 Å². The minimum atomic E-state index is -4.66. The second kappa shape index (κ2) is 43.3. The van der Waals surface area contributed by atoms with Crippen LogP contribution >= 0.6 is 7.82 Å². The van der Waals surface area contributed by atoms with Gasteiger partial charge < -0.3 is 33.0 Å². The third-order valence-electron chi connectivity index (χ3n) is 10.3. The van der Waals surface area contributed by atoms with Gasteiger partial charge in [0.05, 0.1) is 33.9 Å². The molecule has 0 spiro atoms. The monoisotopic (exact) mass is 906 g/mol. The molecule has 11 heteroatoms. The Bertz CT molecular complexity index is 1320. The van der Waals surface area contributed by atoms with Crippen molar-refractivity contribution in [2.45, 2.75) is 199 Å². The molecule has 0 radical (unpaired) electrons. The lowest BCUT2D eigenvalue weighted by molar-refractivity contribution is -0.870. The molecule has 0 aromatic rings. The Morgan fingerprint density at radius 2 is 1.11 bits per heavy atom. The van der Waals surface area contributed by atoms with E-state index in [2.05, 4.69) is 44.2 Å². The van der Waals surface area contributed by atoms with Gasteiger partial charge >= 0.3 is 11.9 Å². The Balaban J connectivity index is 4.42. The lowest BCUT2D eigenvalue weighted by Crippen LogP contribution is -2.37. The number of ether oxygens (including phenoxy) is 2. The molecule has 0 fully saturated rings. The fourth-order valence-corrected chi connectivity index (χ4v) is 7.20. The zero-order valence-electron chi connectivity index (χ0n) is 40.6. The highest BCUT2D eigenvalue weighted by Crippen LogP contribution is 2.38. The summed E-state index contributed by atoms with van der Waals surface area (Å²) in [5.41, 5.74) is 0. The summed E-state index contributed by atoms with van der Waals surface area (Å²) in [5.74, 6) is -0.952. The predicted molar refractivity (Wildman–Crippen MR) is 260 cm³/mol. The summed E-state index contributed by atoms with van der Waals surface area (Å²) >= 11 is 0. The highest BCUT2D eigenvalue weighted by molar-refractivity contribution is 7.45. The zero-order chi connectivity index (χ0) is 46.5. The van der Waals surface area contributed by atoms with Crippen molar-refractivity contribution in [2.75, 3.05) is 47.5 Å². The summed E-state index contributed by atoms with van der Waals surface area (Å²) in [7, 11) is 1.10. The van der Waals surface area contributed by atoms with Gasteiger partial charge in [-0.1, -0.05) is 202 Å². The molecule has 2 unspecified atom stereocenters. The number of rotatable bonds is 44. The van der Waals surface area contributed by atoms with Gasteiger partial charge in [-0.2, -0.15) is 0 Å². The Morgan fingerprint density at radius 3 is 1.63 bits per heavy atom. The maximum Gasteiger partial charge on any atom is 0.306 e. The molecule has 364 valence electrons. The number of aliphatic hydroxyl groups excluding tert-OH is 1. The van der Waals surface area contributed by atoms with Crippen LogP contribution in [0.1, 0.15) is 187 Å². The van der Waals surface area contributed by atoms with E-state index in [0.29, 0.717) is 30.3 Å². The van der Waals surface area contributed by atoms with Crippen molar-refractivity contribution in [2.24, 2.45) is 0 Å². The van der Waals surface area contributed by atoms with E-state index >= 15 is 0 Å². The maximum atomic E-state index is 12.7. The van der Waals surface area contributed by atoms with Gasteiger partial charge in [-0.05, 0) is 44.9 Å². The lowest BCUT2D eigenvalue weighted by Gasteiger charge is -2.28. The number of carbonyl (C=O) groups excluding carboxylic acids is 2. The van der Waals surface area contributed by atoms with E-state index in [1.54, 1.807) is 6.08 Å². The van der Waals surface area contributed by atoms with E-state index < -0.39 is 38.6 Å². The fraction of sp³-hybridized carbons (Fsp3) is 0.731. The van der Waals surface area contributed by atoms with Crippen LogP contribution in [0, 0.1) is 0 Å². The Labute approximate surface area is 385 Å². The van der Waals surface area contributed by atoms with Crippen LogP contribution in [-0.4, -0.2) is 81.2 Å². The van der Waals surface area contributed by atoms with Crippen molar-refractivity contribution < 1.29 is 47.2 Å². The number of hydrogen-bond acceptors (Lipinski definition) is 9. The standard InChI is InChI=1S/C52H92NO9P/c1-6-8-10-11-12-13-14-15-16-17-18-19-20-23-27-30-33-36-40-44-52(56)62-50(48-61-63(57,58)60-46-45-53(3,4)5)47-59-51(55)43-39-35-32-29-26-24-21-22-25-28-31-34-38-42-49(54)41-37-9-7-2/h9,22,24-26,31-32,34-35,37-38,42,49-50,54H,6-8,10-21,23,27-30,33,36,39-41,43-48H2,1-5H3/b25-22-,26-24-,34-31+,35-32-,37-9-,42-38+/t49?,50-/m1/s1. The molecule has 0 saturated carbocycles. The molecule has 0 aromatic heterocycles. The first kappa shape index (κ1) is 60.4. The summed E-state index contributed by atoms with van der Waals surface area (Å²) in [5, 5.41) is 9.85. The van der Waals surface area contributed by atoms with Crippen LogP contribution in [-0.2, 0) is 32.7 Å². The van der Waals surface area contributed by atoms with Crippen molar-refractivity contribution in [3.63, 3.8) is 0 Å². The van der Waals surface area contributed by atoms with E-state index in [4.69, 9.17) is 18.5 Å². The second-order valence-corrected chi connectivity index (χ2v) is 19.1. The minimum Gasteiger partial charge on any atom is -0.756 e. The van der Waals surface area contributed by atoms with Gasteiger partial charge in [0, 0.05) is 12.8 Å². The number of carbonyl (C=O) groups is 2. The van der Waals surface area contributed by atoms with Crippen molar-refractivity contribution >= 4 is 19.8 Å². The van der Waals surface area contributed by atoms with Crippen LogP contribution in [0.4, 0.5) is 0 Å². The second-order valence-electron chi connectivity index (χ2n) is 17.7. The molecular weight excluding hydrogens is 814 g/mol. The number of aliphatic hydroxyl groups is 1. The van der Waals surface area contributed by atoms with E-state index in [1.807, 2.05) is 57.6 Å². The number of phosphoric ester groups is 1. The number of unbranched alkanes of at least 4 members (excludes halogenated alkanes) is 18. The smallest absolute Gasteiger partial charge is 0.306 e. The summed E-state index contributed by atoms with van der Waals surface area (Å²) in [4.78, 5) is 37.6. The van der Waals surface area contributed by atoms with Gasteiger partial charge in [0.25, 0.3) is 7.82 Å². The topological polar surface area (TPSA) is 131 Å². The van der Waals surface area contributed by atoms with E-state index in [1.165, 1.54) is 96.3 Å². The number of phosphoric acid groups is 1. The number of esters is 2. The molecule has 1 N–H and O–H groups in total. The molecule has 0 saturated heterocycles. The highest BCUT2D eigenvalue weighted by Gasteiger charge is 2.21. The Morgan fingerprint density at radius 1 is 0.603 bits per heavy atom. The van der Waals surface area contributed by atoms with Gasteiger partial charge in [0.1, 0.15) is 19.8 Å². The molecule has 10 nitrogen and oxygen atoms in total. The maximum absolute atomic E-state index is 12.7. The van der Waals surface area contributed by atoms with Gasteiger partial charge in [0.15, 0.2) is 6.10 Å². The highest BCUT2D eigenvalue weighted by atomic mass is 31.2. The summed E-state index contributed by atoms with van der Waals surface area (Å²) < 4.78 is 33.9. The number of quaternary nitrogens is 1. The van der Waals surface area contributed by atoms with Gasteiger partial charge in [-0.15, -0.1) is 0 Å². The van der Waals surface area contributed by atoms with Crippen molar-refractivity contribution in [3.8, 4) is 0 Å². The SMILES string of the molecule is CC/C=C\CC(O)/C=C/C=C/C/C=C\C/C=C\C/C=C\CCC(=O)OC[C@H](COP(=O)([O-])OCC[N+](C)(C)C)OC(=O)CCCCCCCCCCCCCCCCCCCCC. The van der Waals surface area contributed by atoms with E-state index in [9.17, 15) is 24.2 Å². The normalized spacial score (nSPS) is 14.6. The van der Waals surface area contributed by atoms with Crippen LogP contribution in [0.3, 0.4) is 0 Å². The zero-order valence-corrected chi connectivity index (χ0v) is 41.5. The largest absolute Gasteiger partial charge is 0.756 e. The molecule has 3 atom stereocenters. The Hall–Kier alpha value is -2.59. The quantitative estimate of drug-likeness (QED) is 0.0158. The van der Waals surface area contributed by atoms with Crippen molar-refractivity contribution in [3.05, 3.63) is 72.9 Å². The molecule has 0 aromatic carbocycles. The van der Waals surface area contributed by atoms with Crippen molar-refractivity contribution in [1.29, 1.82) is 0 Å². The average Bonchev–Trinajstić information content (AvgIpc) is 3.23. The number of allylic oxidation sites excluding steroid dienone is 10. The number of likely N-dealkylation sites (N-methyl/N-ethyl adjacent to an activating group) is 1. The molecule has 0 rings (SSSR count). The first-order chi connectivity index (χ1) is 30.4. The number of nitrogens with zero attached hydrogens (tertiary/aromatic N) is 1. The van der Waals surface area contributed by atoms with Crippen LogP contribution in [0.2, 0.25) is 0 Å². The molecule has 0 aliphatic heterocycles. The summed E-state index contributed by atoms with van der Waals surface area (Å²) in [6, 6.07) is 0. The molecule has 63 heavy (non-hydrogen) atoms. The molecule has 0 aliphatic rings. The number of hydrogen-bond donors (Lipinski definition) is 1. The summed E-state index contributed by atoms with van der Waals surface area (Å²) in [6.07, 6.45) is 51.3. The van der Waals surface area contributed by atoms with Crippen LogP contribution in [0.5, 0.6) is 0 Å². The molecule has 0 aliphatic carbocycles. The van der Waals surface area contributed by atoms with E-state index in [0.717, 1.165) is 44.9 Å².